The Balaban J connectivity index is 1.89. The van der Waals surface area contributed by atoms with Crippen LogP contribution >= 0.6 is 11.3 Å². The number of carboxylic acid groups (broad SMARTS) is 1. The first-order chi connectivity index (χ1) is 14.3. The van der Waals surface area contributed by atoms with Crippen molar-refractivity contribution in [3.05, 3.63) is 80.5 Å². The van der Waals surface area contributed by atoms with Crippen LogP contribution in [0.2, 0.25) is 0 Å². The first-order valence-electron chi connectivity index (χ1n) is 8.24. The van der Waals surface area contributed by atoms with Gasteiger partial charge in [0.1, 0.15) is 5.69 Å². The number of carboxylic acids is 1. The van der Waals surface area contributed by atoms with Gasteiger partial charge in [-0.15, -0.1) is 11.3 Å². The fourth-order valence-electron chi connectivity index (χ4n) is 2.42. The highest BCUT2D eigenvalue weighted by molar-refractivity contribution is 7.92. The fourth-order valence-corrected chi connectivity index (χ4v) is 4.10. The highest BCUT2D eigenvalue weighted by atomic mass is 32.2. The molecule has 3 rings (SSSR count). The average Bonchev–Trinajstić information content (AvgIpc) is 3.21. The van der Waals surface area contributed by atoms with Crippen LogP contribution in [0, 0.1) is 10.1 Å². The van der Waals surface area contributed by atoms with Crippen LogP contribution in [0.25, 0.3) is 0 Å². The molecule has 12 heteroatoms. The van der Waals surface area contributed by atoms with Gasteiger partial charge in [-0.25, -0.2) is 13.2 Å². The normalized spacial score (nSPS) is 11.3. The molecule has 0 saturated heterocycles. The molecule has 0 aliphatic carbocycles. The molecular weight excluding hydrogens is 432 g/mol. The number of hydrogen-bond donors (Lipinski definition) is 3. The molecule has 1 aromatic heterocycles. The van der Waals surface area contributed by atoms with E-state index in [1.165, 1.54) is 47.9 Å². The van der Waals surface area contributed by atoms with Crippen molar-refractivity contribution in [2.75, 3.05) is 10.1 Å². The van der Waals surface area contributed by atoms with Crippen LogP contribution < -0.4 is 10.1 Å². The summed E-state index contributed by atoms with van der Waals surface area (Å²) in [6, 6.07) is 12.3. The predicted molar refractivity (Wildman–Crippen MR) is 113 cm³/mol. The number of hydrazone groups is 1. The first-order valence-corrected chi connectivity index (χ1v) is 10.6. The topological polar surface area (TPSA) is 151 Å². The minimum Gasteiger partial charge on any atom is -0.478 e. The minimum atomic E-state index is -4.28. The number of sulfonamides is 1. The van der Waals surface area contributed by atoms with Crippen molar-refractivity contribution < 1.29 is 23.2 Å². The van der Waals surface area contributed by atoms with Crippen LogP contribution in [0.3, 0.4) is 0 Å². The van der Waals surface area contributed by atoms with Gasteiger partial charge in [-0.05, 0) is 35.7 Å². The summed E-state index contributed by atoms with van der Waals surface area (Å²) >= 11 is 1.43. The number of aromatic carboxylic acids is 1. The largest absolute Gasteiger partial charge is 0.478 e. The summed E-state index contributed by atoms with van der Waals surface area (Å²) in [5.74, 6) is -1.32. The molecule has 0 fully saturated rings. The van der Waals surface area contributed by atoms with Gasteiger partial charge in [0.15, 0.2) is 0 Å². The van der Waals surface area contributed by atoms with Crippen LogP contribution in [0.5, 0.6) is 0 Å². The Kier molecular flexibility index (Phi) is 6.09. The Morgan fingerprint density at radius 1 is 1.13 bits per heavy atom. The van der Waals surface area contributed by atoms with E-state index in [2.05, 4.69) is 15.2 Å². The second-order valence-electron chi connectivity index (χ2n) is 5.78. The number of nitrogens with zero attached hydrogens (tertiary/aromatic N) is 2. The van der Waals surface area contributed by atoms with Crippen LogP contribution in [-0.4, -0.2) is 30.6 Å². The van der Waals surface area contributed by atoms with E-state index in [0.29, 0.717) is 0 Å². The van der Waals surface area contributed by atoms with Gasteiger partial charge in [0, 0.05) is 10.9 Å². The first kappa shape index (κ1) is 21.0. The lowest BCUT2D eigenvalue weighted by Gasteiger charge is -2.11. The van der Waals surface area contributed by atoms with Crippen LogP contribution in [0.1, 0.15) is 15.2 Å². The fraction of sp³-hybridized carbons (Fsp3) is 0. The SMILES string of the molecule is O=C(O)c1ccccc1NS(=O)(=O)c1ccc(N/N=C/c2cccs2)c([N+](=O)[O-])c1. The van der Waals surface area contributed by atoms with Crippen molar-refractivity contribution in [2.45, 2.75) is 4.90 Å². The van der Waals surface area contributed by atoms with Gasteiger partial charge in [-0.2, -0.15) is 5.10 Å². The van der Waals surface area contributed by atoms with E-state index in [-0.39, 0.29) is 16.9 Å². The number of rotatable bonds is 8. The molecule has 3 N–H and O–H groups in total. The van der Waals surface area contributed by atoms with Crippen molar-refractivity contribution in [1.29, 1.82) is 0 Å². The van der Waals surface area contributed by atoms with E-state index < -0.39 is 31.5 Å². The van der Waals surface area contributed by atoms with E-state index in [1.807, 2.05) is 11.4 Å². The number of nitro benzene ring substituents is 1. The zero-order valence-electron chi connectivity index (χ0n) is 15.1. The van der Waals surface area contributed by atoms with Crippen LogP contribution in [0.15, 0.2) is 70.0 Å². The smallest absolute Gasteiger partial charge is 0.337 e. The molecule has 2 aromatic carbocycles. The molecule has 0 unspecified atom stereocenters. The van der Waals surface area contributed by atoms with Crippen molar-refractivity contribution in [2.24, 2.45) is 5.10 Å². The van der Waals surface area contributed by atoms with Crippen molar-refractivity contribution in [3.63, 3.8) is 0 Å². The molecule has 1 heterocycles. The molecule has 30 heavy (non-hydrogen) atoms. The Morgan fingerprint density at radius 2 is 1.90 bits per heavy atom. The standard InChI is InChI=1S/C18H14N4O6S2/c23-18(24)14-5-1-2-6-15(14)21-30(27,28)13-7-8-16(17(10-13)22(25)26)20-19-11-12-4-3-9-29-12/h1-11,20-21H,(H,23,24)/b19-11+. The Morgan fingerprint density at radius 3 is 2.57 bits per heavy atom. The quantitative estimate of drug-likeness (QED) is 0.272. The Bertz CT molecular complexity index is 1220. The number of hydrogen-bond acceptors (Lipinski definition) is 8. The number of carbonyl (C=O) groups is 1. The number of nitro groups is 1. The molecule has 0 aliphatic heterocycles. The van der Waals surface area contributed by atoms with Gasteiger partial charge < -0.3 is 5.11 Å². The van der Waals surface area contributed by atoms with Gasteiger partial charge in [-0.3, -0.25) is 20.3 Å². The van der Waals surface area contributed by atoms with Gasteiger partial charge in [0.2, 0.25) is 0 Å². The second-order valence-corrected chi connectivity index (χ2v) is 8.44. The third-order valence-corrected chi connectivity index (χ3v) is 5.97. The molecule has 0 radical (unpaired) electrons. The molecule has 0 atom stereocenters. The highest BCUT2D eigenvalue weighted by Crippen LogP contribution is 2.29. The van der Waals surface area contributed by atoms with E-state index in [1.54, 1.807) is 6.07 Å². The summed E-state index contributed by atoms with van der Waals surface area (Å²) in [4.78, 5) is 22.4. The maximum atomic E-state index is 12.7. The average molecular weight is 446 g/mol. The minimum absolute atomic E-state index is 0.00214. The monoisotopic (exact) mass is 446 g/mol. The van der Waals surface area contributed by atoms with Gasteiger partial charge in [0.05, 0.1) is 27.3 Å². The summed E-state index contributed by atoms with van der Waals surface area (Å²) in [7, 11) is -4.28. The van der Waals surface area contributed by atoms with Crippen LogP contribution in [0.4, 0.5) is 17.1 Å². The lowest BCUT2D eigenvalue weighted by Crippen LogP contribution is -2.16. The summed E-state index contributed by atoms with van der Waals surface area (Å²) < 4.78 is 27.5. The molecule has 154 valence electrons. The van der Waals surface area contributed by atoms with E-state index in [0.717, 1.165) is 17.0 Å². The summed E-state index contributed by atoms with van der Waals surface area (Å²) in [6.45, 7) is 0. The van der Waals surface area contributed by atoms with Gasteiger partial charge >= 0.3 is 5.97 Å². The summed E-state index contributed by atoms with van der Waals surface area (Å²) in [6.07, 6.45) is 1.48. The lowest BCUT2D eigenvalue weighted by atomic mass is 10.2. The highest BCUT2D eigenvalue weighted by Gasteiger charge is 2.23. The van der Waals surface area contributed by atoms with Crippen molar-refractivity contribution in [3.8, 4) is 0 Å². The van der Waals surface area contributed by atoms with Crippen LogP contribution in [-0.2, 0) is 10.0 Å². The van der Waals surface area contributed by atoms with Gasteiger partial charge in [0.25, 0.3) is 15.7 Å². The summed E-state index contributed by atoms with van der Waals surface area (Å²) in [5, 5.41) is 26.4. The molecule has 0 amide bonds. The zero-order chi connectivity index (χ0) is 21.7. The molecule has 3 aromatic rings. The molecular formula is C18H14N4O6S2. The maximum Gasteiger partial charge on any atom is 0.337 e. The molecule has 0 saturated carbocycles. The third-order valence-electron chi connectivity index (χ3n) is 3.80. The number of anilines is 2. The predicted octanol–water partition coefficient (Wildman–Crippen LogP) is 3.60. The number of nitrogens with one attached hydrogen (secondary N) is 2. The van der Waals surface area contributed by atoms with Gasteiger partial charge in [-0.1, -0.05) is 18.2 Å². The van der Waals surface area contributed by atoms with E-state index in [4.69, 9.17) is 0 Å². The number of benzene rings is 2. The third kappa shape index (κ3) is 4.79. The second kappa shape index (κ2) is 8.71. The summed E-state index contributed by atoms with van der Waals surface area (Å²) in [5.41, 5.74) is 1.61. The zero-order valence-corrected chi connectivity index (χ0v) is 16.7. The van der Waals surface area contributed by atoms with Crippen molar-refractivity contribution in [1.82, 2.24) is 0 Å². The molecule has 10 nitrogen and oxygen atoms in total. The van der Waals surface area contributed by atoms with E-state index >= 15 is 0 Å². The maximum absolute atomic E-state index is 12.7. The number of thiophene rings is 1. The van der Waals surface area contributed by atoms with E-state index in [9.17, 15) is 28.4 Å². The Labute approximate surface area is 174 Å². The number of para-hydroxylation sites is 1. The Hall–Kier alpha value is -3.77. The lowest BCUT2D eigenvalue weighted by molar-refractivity contribution is -0.384. The van der Waals surface area contributed by atoms with Crippen molar-refractivity contribution >= 4 is 50.6 Å². The molecule has 0 spiro atoms. The molecule has 0 bridgehead atoms. The molecule has 0 aliphatic rings.